The molecule has 8 heteroatoms. The van der Waals surface area contributed by atoms with Crippen LogP contribution in [0, 0.1) is 5.92 Å². The summed E-state index contributed by atoms with van der Waals surface area (Å²) in [5.74, 6) is 0.515. The molecule has 1 aliphatic heterocycles. The first kappa shape index (κ1) is 16.4. The topological polar surface area (TPSA) is 84.4 Å². The van der Waals surface area contributed by atoms with Crippen LogP contribution in [-0.4, -0.2) is 46.3 Å². The number of pyridine rings is 1. The SMILES string of the molecule is COc1cc(C(=O)N2CCCC(C(=O)Nc3ccccn3)C2)sn1. The molecule has 3 heterocycles. The highest BCUT2D eigenvalue weighted by Crippen LogP contribution is 2.23. The van der Waals surface area contributed by atoms with E-state index < -0.39 is 0 Å². The van der Waals surface area contributed by atoms with Crippen LogP contribution in [0.4, 0.5) is 5.82 Å². The third kappa shape index (κ3) is 3.70. The van der Waals surface area contributed by atoms with Crippen molar-refractivity contribution in [3.05, 3.63) is 35.3 Å². The van der Waals surface area contributed by atoms with E-state index in [0.29, 0.717) is 29.7 Å². The Kier molecular flexibility index (Phi) is 5.05. The highest BCUT2D eigenvalue weighted by Gasteiger charge is 2.30. The number of piperidine rings is 1. The fraction of sp³-hybridized carbons (Fsp3) is 0.375. The van der Waals surface area contributed by atoms with Crippen LogP contribution in [0.5, 0.6) is 5.88 Å². The van der Waals surface area contributed by atoms with E-state index in [1.165, 1.54) is 7.11 Å². The molecular weight excluding hydrogens is 328 g/mol. The molecule has 1 saturated heterocycles. The first-order chi connectivity index (χ1) is 11.7. The van der Waals surface area contributed by atoms with E-state index in [1.807, 2.05) is 6.07 Å². The Bertz CT molecular complexity index is 719. The van der Waals surface area contributed by atoms with Gasteiger partial charge < -0.3 is 15.0 Å². The molecule has 0 bridgehead atoms. The minimum absolute atomic E-state index is 0.104. The van der Waals surface area contributed by atoms with Crippen LogP contribution < -0.4 is 10.1 Å². The van der Waals surface area contributed by atoms with Crippen molar-refractivity contribution in [2.24, 2.45) is 5.92 Å². The van der Waals surface area contributed by atoms with Gasteiger partial charge in [-0.15, -0.1) is 0 Å². The smallest absolute Gasteiger partial charge is 0.265 e. The van der Waals surface area contributed by atoms with Gasteiger partial charge in [0.15, 0.2) is 0 Å². The van der Waals surface area contributed by atoms with Crippen LogP contribution in [0.1, 0.15) is 22.5 Å². The number of carbonyl (C=O) groups excluding carboxylic acids is 2. The lowest BCUT2D eigenvalue weighted by Gasteiger charge is -2.31. The average molecular weight is 346 g/mol. The first-order valence-corrected chi connectivity index (χ1v) is 8.46. The van der Waals surface area contributed by atoms with E-state index in [4.69, 9.17) is 4.74 Å². The van der Waals surface area contributed by atoms with Crippen molar-refractivity contribution >= 4 is 29.2 Å². The Morgan fingerprint density at radius 3 is 3.00 bits per heavy atom. The lowest BCUT2D eigenvalue weighted by Crippen LogP contribution is -2.43. The molecule has 0 radical (unpaired) electrons. The zero-order valence-corrected chi connectivity index (χ0v) is 14.1. The Balaban J connectivity index is 1.63. The lowest BCUT2D eigenvalue weighted by molar-refractivity contribution is -0.121. The average Bonchev–Trinajstić information content (AvgIpc) is 3.11. The quantitative estimate of drug-likeness (QED) is 0.916. The summed E-state index contributed by atoms with van der Waals surface area (Å²) in [5.41, 5.74) is 0. The van der Waals surface area contributed by atoms with Crippen LogP contribution in [0.15, 0.2) is 30.5 Å². The molecule has 1 aliphatic rings. The molecule has 0 aliphatic carbocycles. The molecule has 1 atom stereocenters. The number of nitrogens with zero attached hydrogens (tertiary/aromatic N) is 3. The monoisotopic (exact) mass is 346 g/mol. The number of ether oxygens (including phenoxy) is 1. The molecule has 0 spiro atoms. The van der Waals surface area contributed by atoms with Crippen LogP contribution in [0.3, 0.4) is 0 Å². The Morgan fingerprint density at radius 2 is 2.29 bits per heavy atom. The molecule has 2 aromatic heterocycles. The first-order valence-electron chi connectivity index (χ1n) is 7.69. The van der Waals surface area contributed by atoms with Gasteiger partial charge in [0.05, 0.1) is 13.0 Å². The Labute approximate surface area is 143 Å². The zero-order chi connectivity index (χ0) is 16.9. The number of likely N-dealkylation sites (tertiary alicyclic amines) is 1. The molecule has 126 valence electrons. The highest BCUT2D eigenvalue weighted by atomic mass is 32.1. The van der Waals surface area contributed by atoms with Gasteiger partial charge in [0, 0.05) is 25.4 Å². The summed E-state index contributed by atoms with van der Waals surface area (Å²) in [6.45, 7) is 1.05. The maximum atomic E-state index is 12.6. The molecule has 1 fully saturated rings. The number of nitrogens with one attached hydrogen (secondary N) is 1. The largest absolute Gasteiger partial charge is 0.480 e. The van der Waals surface area contributed by atoms with Crippen LogP contribution in [0.2, 0.25) is 0 Å². The predicted molar refractivity (Wildman–Crippen MR) is 90.2 cm³/mol. The fourth-order valence-electron chi connectivity index (χ4n) is 2.65. The number of carbonyl (C=O) groups is 2. The van der Waals surface area contributed by atoms with Crippen LogP contribution >= 0.6 is 11.5 Å². The third-order valence-corrected chi connectivity index (χ3v) is 4.66. The number of methoxy groups -OCH3 is 1. The van der Waals surface area contributed by atoms with E-state index in [-0.39, 0.29) is 17.7 Å². The summed E-state index contributed by atoms with van der Waals surface area (Å²) in [4.78, 5) is 31.3. The van der Waals surface area contributed by atoms with Crippen LogP contribution in [0.25, 0.3) is 0 Å². The molecule has 3 rings (SSSR count). The second kappa shape index (κ2) is 7.39. The van der Waals surface area contributed by atoms with Gasteiger partial charge in [0.2, 0.25) is 11.8 Å². The highest BCUT2D eigenvalue weighted by molar-refractivity contribution is 7.08. The molecule has 1 unspecified atom stereocenters. The van der Waals surface area contributed by atoms with Gasteiger partial charge in [-0.2, -0.15) is 4.37 Å². The maximum Gasteiger partial charge on any atom is 0.265 e. The number of amides is 2. The van der Waals surface area contributed by atoms with Crippen molar-refractivity contribution in [2.75, 3.05) is 25.5 Å². The number of rotatable bonds is 4. The normalized spacial score (nSPS) is 17.4. The van der Waals surface area contributed by atoms with Gasteiger partial charge in [-0.1, -0.05) is 6.07 Å². The summed E-state index contributed by atoms with van der Waals surface area (Å²) >= 11 is 1.11. The molecule has 24 heavy (non-hydrogen) atoms. The minimum Gasteiger partial charge on any atom is -0.480 e. The molecule has 2 amide bonds. The van der Waals surface area contributed by atoms with E-state index in [1.54, 1.807) is 29.3 Å². The predicted octanol–water partition coefficient (Wildman–Crippen LogP) is 2.04. The summed E-state index contributed by atoms with van der Waals surface area (Å²) in [5, 5.41) is 2.81. The molecule has 0 aromatic carbocycles. The molecular formula is C16H18N4O3S. The zero-order valence-electron chi connectivity index (χ0n) is 13.3. The maximum absolute atomic E-state index is 12.6. The van der Waals surface area contributed by atoms with Gasteiger partial charge in [0.1, 0.15) is 10.7 Å². The van der Waals surface area contributed by atoms with Gasteiger partial charge in [-0.25, -0.2) is 4.98 Å². The van der Waals surface area contributed by atoms with E-state index in [2.05, 4.69) is 14.7 Å². The Morgan fingerprint density at radius 1 is 1.42 bits per heavy atom. The van der Waals surface area contributed by atoms with Crippen molar-refractivity contribution < 1.29 is 14.3 Å². The fourth-order valence-corrected chi connectivity index (χ4v) is 3.33. The minimum atomic E-state index is -0.237. The number of anilines is 1. The van der Waals surface area contributed by atoms with Crippen molar-refractivity contribution in [2.45, 2.75) is 12.8 Å². The number of hydrogen-bond donors (Lipinski definition) is 1. The van der Waals surface area contributed by atoms with Crippen molar-refractivity contribution in [3.63, 3.8) is 0 Å². The van der Waals surface area contributed by atoms with Gasteiger partial charge in [-0.3, -0.25) is 9.59 Å². The van der Waals surface area contributed by atoms with Crippen molar-refractivity contribution in [3.8, 4) is 5.88 Å². The standard InChI is InChI=1S/C16H18N4O3S/c1-23-14-9-12(24-19-14)16(22)20-8-4-5-11(10-20)15(21)18-13-6-2-3-7-17-13/h2-3,6-7,9,11H,4-5,8,10H2,1H3,(H,17,18,21). The second-order valence-corrected chi connectivity index (χ2v) is 6.33. The third-order valence-electron chi connectivity index (χ3n) is 3.90. The summed E-state index contributed by atoms with van der Waals surface area (Å²) < 4.78 is 9.06. The summed E-state index contributed by atoms with van der Waals surface area (Å²) in [6, 6.07) is 6.98. The summed E-state index contributed by atoms with van der Waals surface area (Å²) in [6.07, 6.45) is 3.18. The van der Waals surface area contributed by atoms with Crippen molar-refractivity contribution in [1.29, 1.82) is 0 Å². The molecule has 0 saturated carbocycles. The Hall–Kier alpha value is -2.48. The summed E-state index contributed by atoms with van der Waals surface area (Å²) in [7, 11) is 1.52. The second-order valence-electron chi connectivity index (χ2n) is 5.53. The van der Waals surface area contributed by atoms with Gasteiger partial charge in [0.25, 0.3) is 5.91 Å². The van der Waals surface area contributed by atoms with Crippen LogP contribution in [-0.2, 0) is 4.79 Å². The van der Waals surface area contributed by atoms with E-state index in [0.717, 1.165) is 24.4 Å². The molecule has 7 nitrogen and oxygen atoms in total. The van der Waals surface area contributed by atoms with Gasteiger partial charge >= 0.3 is 0 Å². The lowest BCUT2D eigenvalue weighted by atomic mass is 9.97. The molecule has 1 N–H and O–H groups in total. The molecule has 2 aromatic rings. The number of hydrogen-bond acceptors (Lipinski definition) is 6. The number of aromatic nitrogens is 2. The van der Waals surface area contributed by atoms with Gasteiger partial charge in [-0.05, 0) is 36.5 Å². The van der Waals surface area contributed by atoms with Crippen molar-refractivity contribution in [1.82, 2.24) is 14.3 Å². The van der Waals surface area contributed by atoms with E-state index >= 15 is 0 Å². The van der Waals surface area contributed by atoms with E-state index in [9.17, 15) is 9.59 Å².